The summed E-state index contributed by atoms with van der Waals surface area (Å²) in [5.41, 5.74) is 9.06. The maximum absolute atomic E-state index is 5.93. The van der Waals surface area contributed by atoms with E-state index in [1.807, 2.05) is 48.1 Å². The van der Waals surface area contributed by atoms with Crippen LogP contribution in [0.1, 0.15) is 30.5 Å². The molecule has 1 heterocycles. The third-order valence-electron chi connectivity index (χ3n) is 4.24. The van der Waals surface area contributed by atoms with Gasteiger partial charge in [0, 0.05) is 18.3 Å². The van der Waals surface area contributed by atoms with Crippen LogP contribution in [0, 0.1) is 12.8 Å². The summed E-state index contributed by atoms with van der Waals surface area (Å²) in [6, 6.07) is 10.1. The van der Waals surface area contributed by atoms with Gasteiger partial charge in [-0.3, -0.25) is 0 Å². The highest BCUT2D eigenvalue weighted by Gasteiger charge is 2.16. The van der Waals surface area contributed by atoms with Crippen molar-refractivity contribution >= 4 is 29.9 Å². The third kappa shape index (κ3) is 4.70. The first-order valence-corrected chi connectivity index (χ1v) is 7.87. The van der Waals surface area contributed by atoms with E-state index in [0.717, 1.165) is 29.4 Å². The molecule has 1 fully saturated rings. The molecule has 1 aromatic carbocycles. The molecule has 2 aromatic rings. The quantitative estimate of drug-likeness (QED) is 0.440. The smallest absolute Gasteiger partial charge is 0.188 e. The van der Waals surface area contributed by atoms with Crippen molar-refractivity contribution in [2.24, 2.45) is 16.6 Å². The topological polar surface area (TPSA) is 68.2 Å². The minimum atomic E-state index is 0. The van der Waals surface area contributed by atoms with E-state index in [4.69, 9.17) is 5.73 Å². The van der Waals surface area contributed by atoms with Crippen LogP contribution >= 0.6 is 24.0 Å². The lowest BCUT2D eigenvalue weighted by Gasteiger charge is -2.25. The van der Waals surface area contributed by atoms with E-state index in [9.17, 15) is 0 Å². The van der Waals surface area contributed by atoms with Gasteiger partial charge in [0.05, 0.1) is 17.9 Å². The van der Waals surface area contributed by atoms with Gasteiger partial charge in [0.15, 0.2) is 5.96 Å². The Labute approximate surface area is 154 Å². The summed E-state index contributed by atoms with van der Waals surface area (Å²) in [6.45, 7) is 3.50. The van der Waals surface area contributed by atoms with Gasteiger partial charge in [0.1, 0.15) is 0 Å². The van der Waals surface area contributed by atoms with Gasteiger partial charge in [-0.15, -0.1) is 24.0 Å². The molecule has 1 aliphatic carbocycles. The number of aliphatic imine (C=N–C) groups is 1. The minimum Gasteiger partial charge on any atom is -0.370 e. The van der Waals surface area contributed by atoms with E-state index < -0.39 is 0 Å². The number of para-hydroxylation sites is 1. The van der Waals surface area contributed by atoms with Gasteiger partial charge in [-0.25, -0.2) is 9.67 Å². The molecule has 0 spiro atoms. The van der Waals surface area contributed by atoms with Crippen molar-refractivity contribution in [1.82, 2.24) is 15.1 Å². The van der Waals surface area contributed by atoms with Gasteiger partial charge < -0.3 is 11.1 Å². The summed E-state index contributed by atoms with van der Waals surface area (Å²) in [5.74, 6) is 1.30. The van der Waals surface area contributed by atoms with Crippen LogP contribution < -0.4 is 11.1 Å². The zero-order valence-corrected chi connectivity index (χ0v) is 15.7. The zero-order valence-electron chi connectivity index (χ0n) is 13.4. The molecular formula is C17H24IN5. The van der Waals surface area contributed by atoms with Crippen LogP contribution in [0.4, 0.5) is 0 Å². The highest BCUT2D eigenvalue weighted by Crippen LogP contribution is 2.25. The highest BCUT2D eigenvalue weighted by atomic mass is 127. The molecule has 0 aliphatic heterocycles. The van der Waals surface area contributed by atoms with Gasteiger partial charge in [0.25, 0.3) is 0 Å². The minimum absolute atomic E-state index is 0. The molecule has 0 unspecified atom stereocenters. The second-order valence-electron chi connectivity index (χ2n) is 5.90. The maximum Gasteiger partial charge on any atom is 0.188 e. The fourth-order valence-electron chi connectivity index (χ4n) is 2.54. The highest BCUT2D eigenvalue weighted by molar-refractivity contribution is 14.0. The number of hydrogen-bond donors (Lipinski definition) is 2. The molecule has 0 saturated heterocycles. The average molecular weight is 425 g/mol. The van der Waals surface area contributed by atoms with Crippen molar-refractivity contribution in [2.75, 3.05) is 6.54 Å². The molecule has 1 saturated carbocycles. The first-order valence-electron chi connectivity index (χ1n) is 7.87. The first kappa shape index (κ1) is 17.8. The van der Waals surface area contributed by atoms with Gasteiger partial charge in [-0.05, 0) is 37.8 Å². The van der Waals surface area contributed by atoms with Gasteiger partial charge in [0.2, 0.25) is 0 Å². The fraction of sp³-hybridized carbons (Fsp3) is 0.412. The molecular weight excluding hydrogens is 401 g/mol. The van der Waals surface area contributed by atoms with Crippen molar-refractivity contribution in [1.29, 1.82) is 0 Å². The molecule has 124 valence electrons. The normalized spacial score (nSPS) is 14.9. The predicted octanol–water partition coefficient (Wildman–Crippen LogP) is 3.00. The number of nitrogens with one attached hydrogen (secondary N) is 1. The van der Waals surface area contributed by atoms with Crippen LogP contribution in [0.3, 0.4) is 0 Å². The Kier molecular flexibility index (Phi) is 6.44. The number of aromatic nitrogens is 2. The summed E-state index contributed by atoms with van der Waals surface area (Å²) in [6.07, 6.45) is 5.99. The summed E-state index contributed by atoms with van der Waals surface area (Å²) < 4.78 is 1.89. The summed E-state index contributed by atoms with van der Waals surface area (Å²) in [4.78, 5) is 4.42. The number of halogens is 1. The number of hydrogen-bond acceptors (Lipinski definition) is 2. The van der Waals surface area contributed by atoms with E-state index >= 15 is 0 Å². The number of nitrogens with two attached hydrogens (primary N) is 1. The average Bonchev–Trinajstić information content (AvgIpc) is 2.86. The van der Waals surface area contributed by atoms with Crippen molar-refractivity contribution in [2.45, 2.75) is 32.7 Å². The second-order valence-corrected chi connectivity index (χ2v) is 5.90. The molecule has 5 nitrogen and oxygen atoms in total. The fourth-order valence-corrected chi connectivity index (χ4v) is 2.54. The zero-order chi connectivity index (χ0) is 15.4. The molecule has 0 amide bonds. The van der Waals surface area contributed by atoms with Crippen molar-refractivity contribution in [3.05, 3.63) is 47.8 Å². The molecule has 3 rings (SSSR count). The summed E-state index contributed by atoms with van der Waals surface area (Å²) in [7, 11) is 0. The lowest BCUT2D eigenvalue weighted by Crippen LogP contribution is -2.37. The van der Waals surface area contributed by atoms with Crippen molar-refractivity contribution in [3.63, 3.8) is 0 Å². The molecule has 0 atom stereocenters. The van der Waals surface area contributed by atoms with Crippen LogP contribution in [0.25, 0.3) is 5.69 Å². The van der Waals surface area contributed by atoms with Crippen LogP contribution in [0.2, 0.25) is 0 Å². The summed E-state index contributed by atoms with van der Waals surface area (Å²) in [5, 5.41) is 7.75. The molecule has 0 bridgehead atoms. The Hall–Kier alpha value is -1.57. The largest absolute Gasteiger partial charge is 0.370 e. The van der Waals surface area contributed by atoms with Crippen LogP contribution in [-0.4, -0.2) is 22.3 Å². The van der Waals surface area contributed by atoms with Gasteiger partial charge in [-0.2, -0.15) is 5.10 Å². The van der Waals surface area contributed by atoms with Crippen LogP contribution in [0.15, 0.2) is 41.5 Å². The van der Waals surface area contributed by atoms with E-state index in [-0.39, 0.29) is 24.0 Å². The van der Waals surface area contributed by atoms with Gasteiger partial charge >= 0.3 is 0 Å². The summed E-state index contributed by atoms with van der Waals surface area (Å²) >= 11 is 0. The number of aryl methyl sites for hydroxylation is 1. The predicted molar refractivity (Wildman–Crippen MR) is 104 cm³/mol. The molecule has 1 aromatic heterocycles. The van der Waals surface area contributed by atoms with Gasteiger partial charge in [-0.1, -0.05) is 24.6 Å². The van der Waals surface area contributed by atoms with E-state index in [1.165, 1.54) is 19.3 Å². The molecule has 6 heteroatoms. The van der Waals surface area contributed by atoms with E-state index in [1.54, 1.807) is 0 Å². The van der Waals surface area contributed by atoms with Crippen LogP contribution in [0.5, 0.6) is 0 Å². The van der Waals surface area contributed by atoms with Crippen molar-refractivity contribution in [3.8, 4) is 5.69 Å². The Morgan fingerprint density at radius 1 is 1.35 bits per heavy atom. The third-order valence-corrected chi connectivity index (χ3v) is 4.24. The standard InChI is InChI=1S/C17H23N5.HI/c1-13-15(11-20-17(18)19-10-14-6-5-7-14)12-22(21-13)16-8-3-2-4-9-16;/h2-4,8-9,12,14H,5-7,10-11H2,1H3,(H3,18,19,20);1H. The first-order chi connectivity index (χ1) is 10.7. The lowest BCUT2D eigenvalue weighted by atomic mass is 9.85. The second kappa shape index (κ2) is 8.33. The Morgan fingerprint density at radius 3 is 2.74 bits per heavy atom. The molecule has 3 N–H and O–H groups in total. The van der Waals surface area contributed by atoms with Crippen LogP contribution in [-0.2, 0) is 6.54 Å². The monoisotopic (exact) mass is 425 g/mol. The Balaban J connectivity index is 0.00000192. The number of nitrogens with zero attached hydrogens (tertiary/aromatic N) is 3. The van der Waals surface area contributed by atoms with E-state index in [2.05, 4.69) is 15.4 Å². The molecule has 23 heavy (non-hydrogen) atoms. The van der Waals surface area contributed by atoms with Crippen molar-refractivity contribution < 1.29 is 0 Å². The van der Waals surface area contributed by atoms with E-state index in [0.29, 0.717) is 12.5 Å². The Morgan fingerprint density at radius 2 is 2.09 bits per heavy atom. The lowest BCUT2D eigenvalue weighted by molar-refractivity contribution is 0.315. The number of benzene rings is 1. The molecule has 0 radical (unpaired) electrons. The molecule has 1 aliphatic rings. The SMILES string of the molecule is Cc1nn(-c2ccccc2)cc1CN=C(N)NCC1CCC1.I. The maximum atomic E-state index is 5.93. The number of rotatable bonds is 5. The Bertz CT molecular complexity index is 646. The number of guanidine groups is 1.